The molecule has 1 aliphatic carbocycles. The number of amides is 1. The first-order chi connectivity index (χ1) is 19.4. The Morgan fingerprint density at radius 1 is 1.12 bits per heavy atom. The number of hydrogen-bond acceptors (Lipinski definition) is 6. The molecule has 1 saturated heterocycles. The largest absolute Gasteiger partial charge is 0.494 e. The summed E-state index contributed by atoms with van der Waals surface area (Å²) in [6, 6.07) is 4.04. The molecule has 0 spiro atoms. The van der Waals surface area contributed by atoms with E-state index in [9.17, 15) is 27.2 Å². The smallest absolute Gasteiger partial charge is 0.490 e. The summed E-state index contributed by atoms with van der Waals surface area (Å²) in [7, 11) is 1.42. The van der Waals surface area contributed by atoms with Crippen molar-refractivity contribution in [3.8, 4) is 5.75 Å². The van der Waals surface area contributed by atoms with Crippen molar-refractivity contribution in [2.24, 2.45) is 22.6 Å². The first-order valence-electron chi connectivity index (χ1n) is 13.7. The van der Waals surface area contributed by atoms with Crippen molar-refractivity contribution in [3.05, 3.63) is 29.6 Å². The second kappa shape index (κ2) is 16.9. The van der Waals surface area contributed by atoms with Crippen LogP contribution in [0.1, 0.15) is 69.8 Å². The molecule has 3 rings (SSSR count). The molecule has 2 fully saturated rings. The number of alkyl halides is 3. The number of carboxylic acids is 1. The Morgan fingerprint density at radius 2 is 1.76 bits per heavy atom. The number of benzene rings is 1. The van der Waals surface area contributed by atoms with Gasteiger partial charge < -0.3 is 20.3 Å². The maximum absolute atomic E-state index is 13.7. The molecule has 4 N–H and O–H groups in total. The molecule has 0 aromatic heterocycles. The third-order valence-electron chi connectivity index (χ3n) is 7.15. The maximum Gasteiger partial charge on any atom is 0.490 e. The second-order valence-corrected chi connectivity index (χ2v) is 10.3. The number of aryl methyl sites for hydroxylation is 1. The number of guanidine groups is 1. The summed E-state index contributed by atoms with van der Waals surface area (Å²) in [5.41, 5.74) is 6.89. The molecule has 1 heterocycles. The van der Waals surface area contributed by atoms with Crippen molar-refractivity contribution >= 4 is 23.6 Å². The monoisotopic (exact) mass is 589 g/mol. The third kappa shape index (κ3) is 12.9. The van der Waals surface area contributed by atoms with Crippen LogP contribution in [0.5, 0.6) is 5.75 Å². The van der Waals surface area contributed by atoms with Gasteiger partial charge in [-0.3, -0.25) is 14.9 Å². The molecule has 1 aromatic rings. The number of carbonyl (C=O) groups is 3. The number of ketones is 1. The summed E-state index contributed by atoms with van der Waals surface area (Å²) < 4.78 is 55.8. The number of aliphatic imine (C=N–C) groups is 1. The van der Waals surface area contributed by atoms with Gasteiger partial charge in [-0.05, 0) is 55.2 Å². The lowest BCUT2D eigenvalue weighted by atomic mass is 9.83. The number of nitrogens with one attached hydrogen (secondary N) is 1. The summed E-state index contributed by atoms with van der Waals surface area (Å²) in [5, 5.41) is 9.81. The van der Waals surface area contributed by atoms with Crippen LogP contribution in [0.2, 0.25) is 0 Å². The van der Waals surface area contributed by atoms with Crippen molar-refractivity contribution in [3.63, 3.8) is 0 Å². The average Bonchev–Trinajstić information content (AvgIpc) is 2.93. The molecule has 9 nitrogen and oxygen atoms in total. The maximum atomic E-state index is 13.7. The van der Waals surface area contributed by atoms with Crippen molar-refractivity contribution in [2.75, 3.05) is 20.3 Å². The molecule has 1 aromatic carbocycles. The lowest BCUT2D eigenvalue weighted by molar-refractivity contribution is -0.192. The highest BCUT2D eigenvalue weighted by Gasteiger charge is 2.38. The van der Waals surface area contributed by atoms with E-state index < -0.39 is 24.0 Å². The van der Waals surface area contributed by atoms with Crippen LogP contribution in [-0.4, -0.2) is 61.3 Å². The molecular formula is C28H39F4N3O6. The van der Waals surface area contributed by atoms with Crippen LogP contribution in [0.4, 0.5) is 17.6 Å². The van der Waals surface area contributed by atoms with Crippen LogP contribution in [0.3, 0.4) is 0 Å². The Balaban J connectivity index is 0.000000745. The number of aliphatic carboxylic acids is 1. The van der Waals surface area contributed by atoms with Crippen molar-refractivity contribution in [1.82, 2.24) is 5.32 Å². The number of nitrogens with zero attached hydrogens (tertiary/aromatic N) is 1. The second-order valence-electron chi connectivity index (χ2n) is 10.3. The van der Waals surface area contributed by atoms with Gasteiger partial charge in [0.2, 0.25) is 5.91 Å². The lowest BCUT2D eigenvalue weighted by Gasteiger charge is -2.24. The highest BCUT2D eigenvalue weighted by atomic mass is 19.4. The quantitative estimate of drug-likeness (QED) is 0.207. The summed E-state index contributed by atoms with van der Waals surface area (Å²) in [6.45, 7) is 1.36. The first kappa shape index (κ1) is 34.0. The van der Waals surface area contributed by atoms with E-state index in [2.05, 4.69) is 10.3 Å². The van der Waals surface area contributed by atoms with Gasteiger partial charge in [0, 0.05) is 26.1 Å². The summed E-state index contributed by atoms with van der Waals surface area (Å²) in [6.07, 6.45) is 4.13. The zero-order valence-corrected chi connectivity index (χ0v) is 23.2. The SMILES string of the molecule is COc1cc(CCC(=O)[C@@H](CC2CCCCC2)N=C(N)NC(=O)CC2CCOCC2)ccc1F.O=C(O)C(F)(F)F. The number of rotatable bonds is 10. The van der Waals surface area contributed by atoms with E-state index in [-0.39, 0.29) is 35.7 Å². The number of methoxy groups -OCH3 is 1. The normalized spacial score (nSPS) is 17.6. The molecule has 13 heteroatoms. The summed E-state index contributed by atoms with van der Waals surface area (Å²) >= 11 is 0. The van der Waals surface area contributed by atoms with Crippen LogP contribution in [0.25, 0.3) is 0 Å². The highest BCUT2D eigenvalue weighted by Crippen LogP contribution is 2.29. The third-order valence-corrected chi connectivity index (χ3v) is 7.15. The van der Waals surface area contributed by atoms with E-state index in [1.807, 2.05) is 0 Å². The van der Waals surface area contributed by atoms with E-state index >= 15 is 0 Å². The number of ether oxygens (including phenoxy) is 2. The van der Waals surface area contributed by atoms with Crippen LogP contribution < -0.4 is 15.8 Å². The number of Topliss-reactive ketones (excluding diaryl/α,β-unsaturated/α-hetero) is 1. The average molecular weight is 590 g/mol. The molecule has 1 amide bonds. The fourth-order valence-corrected chi connectivity index (χ4v) is 4.90. The molecule has 2 aliphatic rings. The molecule has 1 atom stereocenters. The molecule has 0 radical (unpaired) electrons. The predicted octanol–water partition coefficient (Wildman–Crippen LogP) is 4.56. The van der Waals surface area contributed by atoms with Crippen LogP contribution in [0, 0.1) is 17.7 Å². The fourth-order valence-electron chi connectivity index (χ4n) is 4.90. The van der Waals surface area contributed by atoms with Crippen molar-refractivity contribution in [1.29, 1.82) is 0 Å². The number of hydrogen-bond donors (Lipinski definition) is 3. The molecular weight excluding hydrogens is 550 g/mol. The fraction of sp³-hybridized carbons (Fsp3) is 0.643. The molecule has 0 unspecified atom stereocenters. The van der Waals surface area contributed by atoms with E-state index in [0.29, 0.717) is 38.4 Å². The molecule has 1 aliphatic heterocycles. The Kier molecular flexibility index (Phi) is 14.0. The Morgan fingerprint density at radius 3 is 2.34 bits per heavy atom. The zero-order valence-electron chi connectivity index (χ0n) is 23.2. The predicted molar refractivity (Wildman–Crippen MR) is 143 cm³/mol. The minimum Gasteiger partial charge on any atom is -0.494 e. The van der Waals surface area contributed by atoms with Crippen molar-refractivity contribution in [2.45, 2.75) is 82.8 Å². The van der Waals surface area contributed by atoms with Gasteiger partial charge in [0.1, 0.15) is 6.04 Å². The van der Waals surface area contributed by atoms with E-state index in [1.54, 1.807) is 12.1 Å². The van der Waals surface area contributed by atoms with Gasteiger partial charge in [-0.15, -0.1) is 0 Å². The highest BCUT2D eigenvalue weighted by molar-refractivity contribution is 5.97. The van der Waals surface area contributed by atoms with Gasteiger partial charge in [-0.25, -0.2) is 14.2 Å². The first-order valence-corrected chi connectivity index (χ1v) is 13.7. The van der Waals surface area contributed by atoms with Gasteiger partial charge in [-0.1, -0.05) is 38.2 Å². The molecule has 41 heavy (non-hydrogen) atoms. The number of nitrogens with two attached hydrogens (primary N) is 1. The van der Waals surface area contributed by atoms with Crippen LogP contribution in [-0.2, 0) is 25.5 Å². The zero-order chi connectivity index (χ0) is 30.4. The van der Waals surface area contributed by atoms with E-state index in [0.717, 1.165) is 31.2 Å². The number of carbonyl (C=O) groups excluding carboxylic acids is 2. The van der Waals surface area contributed by atoms with Gasteiger partial charge in [0.25, 0.3) is 0 Å². The number of halogens is 4. The van der Waals surface area contributed by atoms with E-state index in [4.69, 9.17) is 25.1 Å². The Labute approximate surface area is 236 Å². The Hall–Kier alpha value is -3.22. The van der Waals surface area contributed by atoms with Crippen LogP contribution in [0.15, 0.2) is 23.2 Å². The minimum absolute atomic E-state index is 0.00895. The van der Waals surface area contributed by atoms with Gasteiger partial charge in [0.05, 0.1) is 7.11 Å². The van der Waals surface area contributed by atoms with Gasteiger partial charge in [0.15, 0.2) is 23.3 Å². The Bertz CT molecular complexity index is 1040. The van der Waals surface area contributed by atoms with Crippen LogP contribution >= 0.6 is 0 Å². The van der Waals surface area contributed by atoms with E-state index in [1.165, 1.54) is 32.4 Å². The number of carboxylic acid groups (broad SMARTS) is 1. The standard InChI is InChI=1S/C26H38FN3O4.C2HF3O2/c1-33-24-16-19(7-9-21(24)27)8-10-23(31)22(15-18-5-3-2-4-6-18)29-26(28)30-25(32)17-20-11-13-34-14-12-20;3-2(4,5)1(6)7/h7,9,16,18,20,22H,2-6,8,10-15,17H2,1H3,(H3,28,29,30,32);(H,6,7)/t22-;/m1./s1. The lowest BCUT2D eigenvalue weighted by Crippen LogP contribution is -2.40. The summed E-state index contributed by atoms with van der Waals surface area (Å²) in [4.78, 5) is 38.9. The molecule has 1 saturated carbocycles. The minimum atomic E-state index is -5.08. The van der Waals surface area contributed by atoms with Crippen molar-refractivity contribution < 1.29 is 46.5 Å². The summed E-state index contributed by atoms with van der Waals surface area (Å²) in [5.74, 6) is -2.48. The van der Waals surface area contributed by atoms with Gasteiger partial charge >= 0.3 is 12.1 Å². The molecule has 0 bridgehead atoms. The van der Waals surface area contributed by atoms with Gasteiger partial charge in [-0.2, -0.15) is 13.2 Å². The topological polar surface area (TPSA) is 140 Å². The molecule has 230 valence electrons.